The maximum atomic E-state index is 12.9. The molecule has 1 heterocycles. The second kappa shape index (κ2) is 5.10. The van der Waals surface area contributed by atoms with Crippen LogP contribution in [0, 0.1) is 23.2 Å². The summed E-state index contributed by atoms with van der Waals surface area (Å²) in [6.07, 6.45) is 10.3. The average Bonchev–Trinajstić information content (AvgIpc) is 2.38. The highest BCUT2D eigenvalue weighted by atomic mass is 16.2. The summed E-state index contributed by atoms with van der Waals surface area (Å²) in [6.45, 7) is 6.59. The molecule has 3 fully saturated rings. The fraction of sp³-hybridized carbons (Fsp3) is 0.941. The second-order valence-corrected chi connectivity index (χ2v) is 7.84. The molecule has 1 saturated heterocycles. The van der Waals surface area contributed by atoms with Gasteiger partial charge in [0.2, 0.25) is 5.91 Å². The lowest BCUT2D eigenvalue weighted by Crippen LogP contribution is -2.49. The van der Waals surface area contributed by atoms with Crippen molar-refractivity contribution in [2.24, 2.45) is 23.2 Å². The fourth-order valence-corrected chi connectivity index (χ4v) is 4.90. The predicted octanol–water partition coefficient (Wildman–Crippen LogP) is 3.85. The Bertz CT molecular complexity index is 331. The molecule has 3 aliphatic rings. The van der Waals surface area contributed by atoms with E-state index in [-0.39, 0.29) is 5.41 Å². The third-order valence-electron chi connectivity index (χ3n) is 5.96. The summed E-state index contributed by atoms with van der Waals surface area (Å²) in [7, 11) is 0. The number of hydrogen-bond donors (Lipinski definition) is 0. The van der Waals surface area contributed by atoms with Crippen molar-refractivity contribution in [2.75, 3.05) is 13.1 Å². The van der Waals surface area contributed by atoms with Crippen LogP contribution in [0.3, 0.4) is 0 Å². The molecule has 0 aromatic rings. The van der Waals surface area contributed by atoms with Gasteiger partial charge in [0.05, 0.1) is 0 Å². The van der Waals surface area contributed by atoms with E-state index in [1.807, 2.05) is 0 Å². The molecule has 0 N–H and O–H groups in total. The summed E-state index contributed by atoms with van der Waals surface area (Å²) in [5, 5.41) is 0. The topological polar surface area (TPSA) is 20.3 Å². The van der Waals surface area contributed by atoms with Crippen LogP contribution in [0.5, 0.6) is 0 Å². The van der Waals surface area contributed by atoms with E-state index >= 15 is 0 Å². The number of hydrogen-bond acceptors (Lipinski definition) is 1. The Balaban J connectivity index is 1.68. The van der Waals surface area contributed by atoms with Gasteiger partial charge in [-0.25, -0.2) is 0 Å². The van der Waals surface area contributed by atoms with Crippen molar-refractivity contribution >= 4 is 5.91 Å². The summed E-state index contributed by atoms with van der Waals surface area (Å²) in [5.41, 5.74) is -0.0332. The van der Waals surface area contributed by atoms with Crippen molar-refractivity contribution < 1.29 is 4.79 Å². The maximum absolute atomic E-state index is 12.9. The number of carbonyl (C=O) groups is 1. The van der Waals surface area contributed by atoms with E-state index in [2.05, 4.69) is 18.7 Å². The normalized spacial score (nSPS) is 40.2. The minimum atomic E-state index is -0.0332. The quantitative estimate of drug-likeness (QED) is 0.703. The first-order chi connectivity index (χ1) is 9.07. The molecule has 0 aromatic carbocycles. The van der Waals surface area contributed by atoms with E-state index in [0.29, 0.717) is 5.91 Å². The van der Waals surface area contributed by atoms with Crippen LogP contribution in [0.4, 0.5) is 0 Å². The molecule has 3 rings (SSSR count). The van der Waals surface area contributed by atoms with Gasteiger partial charge in [0.1, 0.15) is 0 Å². The van der Waals surface area contributed by atoms with Crippen molar-refractivity contribution in [3.05, 3.63) is 0 Å². The van der Waals surface area contributed by atoms with Crippen LogP contribution >= 0.6 is 0 Å². The van der Waals surface area contributed by atoms with Crippen LogP contribution in [-0.4, -0.2) is 23.9 Å². The van der Waals surface area contributed by atoms with E-state index in [9.17, 15) is 4.79 Å². The predicted molar refractivity (Wildman–Crippen MR) is 77.8 cm³/mol. The van der Waals surface area contributed by atoms with Crippen molar-refractivity contribution in [2.45, 2.75) is 65.2 Å². The summed E-state index contributed by atoms with van der Waals surface area (Å²) in [6, 6.07) is 0. The van der Waals surface area contributed by atoms with Crippen LogP contribution in [0.25, 0.3) is 0 Å². The molecule has 108 valence electrons. The monoisotopic (exact) mass is 263 g/mol. The molecule has 0 spiro atoms. The molecular weight excluding hydrogens is 234 g/mol. The molecule has 2 atom stereocenters. The highest BCUT2D eigenvalue weighted by Gasteiger charge is 2.45. The second-order valence-electron chi connectivity index (χ2n) is 7.84. The zero-order chi connectivity index (χ0) is 13.5. The summed E-state index contributed by atoms with van der Waals surface area (Å²) < 4.78 is 0. The smallest absolute Gasteiger partial charge is 0.228 e. The Labute approximate surface area is 117 Å². The van der Waals surface area contributed by atoms with Crippen LogP contribution in [0.2, 0.25) is 0 Å². The Hall–Kier alpha value is -0.530. The minimum Gasteiger partial charge on any atom is -0.342 e. The van der Waals surface area contributed by atoms with E-state index < -0.39 is 0 Å². The van der Waals surface area contributed by atoms with Gasteiger partial charge < -0.3 is 4.90 Å². The number of fused-ring (bicyclic) bond motifs is 2. The van der Waals surface area contributed by atoms with Crippen LogP contribution in [-0.2, 0) is 4.79 Å². The summed E-state index contributed by atoms with van der Waals surface area (Å²) in [4.78, 5) is 15.1. The van der Waals surface area contributed by atoms with E-state index in [1.54, 1.807) is 0 Å². The van der Waals surface area contributed by atoms with Gasteiger partial charge in [0, 0.05) is 18.5 Å². The Morgan fingerprint density at radius 3 is 2.21 bits per heavy atom. The largest absolute Gasteiger partial charge is 0.342 e. The van der Waals surface area contributed by atoms with Gasteiger partial charge in [0.25, 0.3) is 0 Å². The molecule has 2 unspecified atom stereocenters. The highest BCUT2D eigenvalue weighted by Crippen LogP contribution is 2.49. The van der Waals surface area contributed by atoms with Crippen LogP contribution < -0.4 is 0 Å². The standard InChI is InChI=1S/C17H29NO/c1-13-6-8-18(9-7-13)16(19)17(2)11-14-4-3-5-15(10-14)12-17/h13-15H,3-12H2,1-2H3. The first-order valence-electron chi connectivity index (χ1n) is 8.36. The Morgan fingerprint density at radius 2 is 1.63 bits per heavy atom. The van der Waals surface area contributed by atoms with Gasteiger partial charge in [-0.2, -0.15) is 0 Å². The van der Waals surface area contributed by atoms with Gasteiger partial charge in [-0.1, -0.05) is 33.1 Å². The van der Waals surface area contributed by atoms with Crippen molar-refractivity contribution in [1.29, 1.82) is 0 Å². The van der Waals surface area contributed by atoms with Gasteiger partial charge in [0.15, 0.2) is 0 Å². The zero-order valence-electron chi connectivity index (χ0n) is 12.7. The summed E-state index contributed by atoms with van der Waals surface area (Å²) in [5.74, 6) is 2.97. The van der Waals surface area contributed by atoms with E-state index in [4.69, 9.17) is 0 Å². The van der Waals surface area contributed by atoms with Gasteiger partial charge in [-0.05, 0) is 49.9 Å². The maximum Gasteiger partial charge on any atom is 0.228 e. The molecular formula is C17H29NO. The number of rotatable bonds is 1. The van der Waals surface area contributed by atoms with Gasteiger partial charge in [-0.3, -0.25) is 4.79 Å². The molecule has 1 amide bonds. The zero-order valence-corrected chi connectivity index (χ0v) is 12.7. The molecule has 2 nitrogen and oxygen atoms in total. The Kier molecular flexibility index (Phi) is 3.61. The number of likely N-dealkylation sites (tertiary alicyclic amines) is 1. The lowest BCUT2D eigenvalue weighted by molar-refractivity contribution is -0.147. The SMILES string of the molecule is CC1CCN(C(=O)C2(C)CC3CCCC(C3)C2)CC1. The number of amides is 1. The highest BCUT2D eigenvalue weighted by molar-refractivity contribution is 5.82. The van der Waals surface area contributed by atoms with Gasteiger partial charge in [-0.15, -0.1) is 0 Å². The average molecular weight is 263 g/mol. The lowest BCUT2D eigenvalue weighted by Gasteiger charge is -2.47. The number of carbonyl (C=O) groups excluding carboxylic acids is 1. The first-order valence-corrected chi connectivity index (χ1v) is 8.36. The number of piperidine rings is 1. The van der Waals surface area contributed by atoms with Crippen LogP contribution in [0.1, 0.15) is 65.2 Å². The van der Waals surface area contributed by atoms with E-state index in [0.717, 1.165) is 43.7 Å². The van der Waals surface area contributed by atoms with Crippen molar-refractivity contribution in [3.63, 3.8) is 0 Å². The molecule has 1 aliphatic heterocycles. The lowest BCUT2D eigenvalue weighted by atomic mass is 9.61. The first kappa shape index (κ1) is 13.5. The Morgan fingerprint density at radius 1 is 1.05 bits per heavy atom. The fourth-order valence-electron chi connectivity index (χ4n) is 4.90. The molecule has 19 heavy (non-hydrogen) atoms. The van der Waals surface area contributed by atoms with Crippen LogP contribution in [0.15, 0.2) is 0 Å². The van der Waals surface area contributed by atoms with Crippen molar-refractivity contribution in [3.8, 4) is 0 Å². The molecule has 0 aromatic heterocycles. The molecule has 0 radical (unpaired) electrons. The third kappa shape index (κ3) is 2.68. The van der Waals surface area contributed by atoms with E-state index in [1.165, 1.54) is 38.5 Å². The molecule has 2 saturated carbocycles. The number of nitrogens with zero attached hydrogens (tertiary/aromatic N) is 1. The minimum absolute atomic E-state index is 0.0332. The molecule has 2 heteroatoms. The van der Waals surface area contributed by atoms with Gasteiger partial charge >= 0.3 is 0 Å². The summed E-state index contributed by atoms with van der Waals surface area (Å²) >= 11 is 0. The molecule has 2 aliphatic carbocycles. The third-order valence-corrected chi connectivity index (χ3v) is 5.96. The van der Waals surface area contributed by atoms with Crippen molar-refractivity contribution in [1.82, 2.24) is 4.90 Å². The molecule has 2 bridgehead atoms.